The molecule has 0 saturated carbocycles. The fourth-order valence-electron chi connectivity index (χ4n) is 0.139. The Kier molecular flexibility index (Phi) is 11.5. The predicted molar refractivity (Wildman–Crippen MR) is 36.7 cm³/mol. The van der Waals surface area contributed by atoms with E-state index in [1.165, 1.54) is 0 Å². The molecule has 0 heterocycles. The van der Waals surface area contributed by atoms with E-state index in [1.807, 2.05) is 0 Å². The Balaban J connectivity index is -0.000000320. The molecule has 4 N–H and O–H groups in total. The molecule has 7 nitrogen and oxygen atoms in total. The molecule has 0 aliphatic heterocycles. The first-order chi connectivity index (χ1) is 3.71. The van der Waals surface area contributed by atoms with Gasteiger partial charge in [-0.3, -0.25) is 0 Å². The molecule has 0 aromatic carbocycles. The van der Waals surface area contributed by atoms with Crippen LogP contribution < -0.4 is 0 Å². The molecular formula is H4Na2O7P2. The van der Waals surface area contributed by atoms with Crippen LogP contribution in [0.1, 0.15) is 0 Å². The Morgan fingerprint density at radius 3 is 1.00 bits per heavy atom. The molecule has 58 valence electrons. The van der Waals surface area contributed by atoms with Gasteiger partial charge in [-0.05, 0) is 0 Å². The Morgan fingerprint density at radius 2 is 1.00 bits per heavy atom. The number of phosphoric acid groups is 2. The van der Waals surface area contributed by atoms with Gasteiger partial charge in [0, 0.05) is 59.1 Å². The van der Waals surface area contributed by atoms with Crippen LogP contribution in [0.5, 0.6) is 0 Å². The monoisotopic (exact) mass is 224 g/mol. The maximum atomic E-state index is 9.63. The van der Waals surface area contributed by atoms with Gasteiger partial charge in [0.2, 0.25) is 0 Å². The van der Waals surface area contributed by atoms with Crippen molar-refractivity contribution < 1.29 is 33.0 Å². The minimum Gasteiger partial charge on any atom is -0.302 e. The second-order valence-electron chi connectivity index (χ2n) is 1.06. The van der Waals surface area contributed by atoms with Gasteiger partial charge in [0.25, 0.3) is 0 Å². The second kappa shape index (κ2) is 6.68. The summed E-state index contributed by atoms with van der Waals surface area (Å²) in [6, 6.07) is 0. The molecule has 0 bridgehead atoms. The first kappa shape index (κ1) is 18.9. The molecule has 0 aliphatic carbocycles. The van der Waals surface area contributed by atoms with Crippen molar-refractivity contribution in [1.82, 2.24) is 0 Å². The van der Waals surface area contributed by atoms with Crippen molar-refractivity contribution in [3.63, 3.8) is 0 Å². The van der Waals surface area contributed by atoms with E-state index < -0.39 is 15.6 Å². The van der Waals surface area contributed by atoms with E-state index in [0.717, 1.165) is 0 Å². The fraction of sp³-hybridized carbons (Fsp3) is 0. The molecule has 0 spiro atoms. The molecule has 0 aliphatic rings. The quantitative estimate of drug-likeness (QED) is 0.329. The summed E-state index contributed by atoms with van der Waals surface area (Å²) in [5.74, 6) is 0. The van der Waals surface area contributed by atoms with Gasteiger partial charge < -0.3 is 19.6 Å². The molecule has 0 unspecified atom stereocenters. The van der Waals surface area contributed by atoms with Gasteiger partial charge in [0.15, 0.2) is 0 Å². The first-order valence-electron chi connectivity index (χ1n) is 1.53. The minimum absolute atomic E-state index is 0. The maximum Gasteiger partial charge on any atom is 0.478 e. The van der Waals surface area contributed by atoms with Gasteiger partial charge in [-0.25, -0.2) is 9.13 Å². The summed E-state index contributed by atoms with van der Waals surface area (Å²) in [4.78, 5) is 31.0. The van der Waals surface area contributed by atoms with Crippen molar-refractivity contribution >= 4 is 74.8 Å². The average molecular weight is 224 g/mol. The van der Waals surface area contributed by atoms with Crippen molar-refractivity contribution in [2.45, 2.75) is 0 Å². The van der Waals surface area contributed by atoms with Crippen LogP contribution in [-0.4, -0.2) is 78.7 Å². The molecule has 11 heteroatoms. The van der Waals surface area contributed by atoms with Crippen LogP contribution in [0.2, 0.25) is 0 Å². The predicted octanol–water partition coefficient (Wildman–Crippen LogP) is -1.57. The zero-order valence-corrected chi connectivity index (χ0v) is 11.7. The third kappa shape index (κ3) is 18.9. The molecule has 0 rings (SSSR count). The van der Waals surface area contributed by atoms with Gasteiger partial charge in [-0.1, -0.05) is 0 Å². The standard InChI is InChI=1S/2Na.H4O7P2/c;;1-8(2,3)7-9(4,5)6/h;;(H2,1,2,3)(H2,4,5,6). The van der Waals surface area contributed by atoms with Crippen LogP contribution in [0.25, 0.3) is 0 Å². The summed E-state index contributed by atoms with van der Waals surface area (Å²) in [5, 5.41) is 0. The molecule has 0 saturated heterocycles. The normalized spacial score (nSPS) is 11.3. The molecular weight excluding hydrogens is 220 g/mol. The smallest absolute Gasteiger partial charge is 0.302 e. The Bertz CT molecular complexity index is 155. The van der Waals surface area contributed by atoms with E-state index in [2.05, 4.69) is 4.31 Å². The minimum atomic E-state index is -5.05. The topological polar surface area (TPSA) is 124 Å². The van der Waals surface area contributed by atoms with Crippen LogP contribution in [0.15, 0.2) is 0 Å². The van der Waals surface area contributed by atoms with Crippen molar-refractivity contribution in [1.29, 1.82) is 0 Å². The summed E-state index contributed by atoms with van der Waals surface area (Å²) in [5.41, 5.74) is 0. The van der Waals surface area contributed by atoms with Crippen molar-refractivity contribution in [3.05, 3.63) is 0 Å². The largest absolute Gasteiger partial charge is 0.478 e. The fourth-order valence-corrected chi connectivity index (χ4v) is 1.25. The average Bonchev–Trinajstić information content (AvgIpc) is 1.14. The van der Waals surface area contributed by atoms with E-state index in [4.69, 9.17) is 19.6 Å². The van der Waals surface area contributed by atoms with Crippen LogP contribution in [0.3, 0.4) is 0 Å². The van der Waals surface area contributed by atoms with Crippen LogP contribution >= 0.6 is 15.6 Å². The van der Waals surface area contributed by atoms with Crippen LogP contribution in [0.4, 0.5) is 0 Å². The van der Waals surface area contributed by atoms with Gasteiger partial charge in [-0.15, -0.1) is 0 Å². The molecule has 0 aromatic rings. The van der Waals surface area contributed by atoms with Crippen molar-refractivity contribution in [2.75, 3.05) is 0 Å². The molecule has 0 atom stereocenters. The molecule has 0 amide bonds. The molecule has 2 radical (unpaired) electrons. The van der Waals surface area contributed by atoms with E-state index in [9.17, 15) is 9.13 Å². The maximum absolute atomic E-state index is 9.63. The summed E-state index contributed by atoms with van der Waals surface area (Å²) in [6.07, 6.45) is 0. The molecule has 0 fully saturated rings. The number of hydrogen-bond donors (Lipinski definition) is 4. The van der Waals surface area contributed by atoms with Gasteiger partial charge >= 0.3 is 15.6 Å². The SMILES string of the molecule is O=P(O)(O)OP(=O)(O)O.[Na].[Na]. The van der Waals surface area contributed by atoms with Crippen molar-refractivity contribution in [3.8, 4) is 0 Å². The van der Waals surface area contributed by atoms with Crippen LogP contribution in [-0.2, 0) is 13.4 Å². The summed E-state index contributed by atoms with van der Waals surface area (Å²) in [6.45, 7) is 0. The van der Waals surface area contributed by atoms with Gasteiger partial charge in [0.05, 0.1) is 0 Å². The van der Waals surface area contributed by atoms with E-state index in [-0.39, 0.29) is 59.1 Å². The zero-order valence-electron chi connectivity index (χ0n) is 5.91. The zero-order chi connectivity index (χ0) is 7.71. The molecule has 0 aromatic heterocycles. The van der Waals surface area contributed by atoms with Crippen molar-refractivity contribution in [2.24, 2.45) is 0 Å². The van der Waals surface area contributed by atoms with Crippen LogP contribution in [0, 0.1) is 0 Å². The Morgan fingerprint density at radius 1 is 0.818 bits per heavy atom. The molecule has 11 heavy (non-hydrogen) atoms. The van der Waals surface area contributed by atoms with E-state index in [1.54, 1.807) is 0 Å². The Labute approximate surface area is 107 Å². The summed E-state index contributed by atoms with van der Waals surface area (Å²) >= 11 is 0. The Hall–Kier alpha value is 2.26. The second-order valence-corrected chi connectivity index (χ2v) is 3.68. The first-order valence-corrected chi connectivity index (χ1v) is 4.59. The number of hydrogen-bond acceptors (Lipinski definition) is 3. The van der Waals surface area contributed by atoms with E-state index in [0.29, 0.717) is 0 Å². The van der Waals surface area contributed by atoms with Gasteiger partial charge in [-0.2, -0.15) is 4.31 Å². The summed E-state index contributed by atoms with van der Waals surface area (Å²) < 4.78 is 22.2. The third-order valence-corrected chi connectivity index (χ3v) is 1.91. The third-order valence-electron chi connectivity index (χ3n) is 0.213. The number of rotatable bonds is 2. The van der Waals surface area contributed by atoms with E-state index >= 15 is 0 Å². The summed E-state index contributed by atoms with van der Waals surface area (Å²) in [7, 11) is -10.1. The van der Waals surface area contributed by atoms with Gasteiger partial charge in [0.1, 0.15) is 0 Å².